The van der Waals surface area contributed by atoms with Crippen LogP contribution in [-0.4, -0.2) is 34.6 Å². The topological polar surface area (TPSA) is 40.5 Å². The van der Waals surface area contributed by atoms with Crippen LogP contribution in [0.25, 0.3) is 0 Å². The van der Waals surface area contributed by atoms with Crippen molar-refractivity contribution in [1.82, 2.24) is 4.90 Å². The molecular formula is C10H19NO2. The number of amides is 1. The van der Waals surface area contributed by atoms with E-state index in [1.54, 1.807) is 13.8 Å². The van der Waals surface area contributed by atoms with E-state index in [-0.39, 0.29) is 11.9 Å². The second kappa shape index (κ2) is 4.61. The molecule has 76 valence electrons. The molecule has 1 aliphatic rings. The van der Waals surface area contributed by atoms with E-state index >= 15 is 0 Å². The third kappa shape index (κ3) is 2.69. The molecule has 1 rings (SSSR count). The Morgan fingerprint density at radius 2 is 2.15 bits per heavy atom. The van der Waals surface area contributed by atoms with Gasteiger partial charge < -0.3 is 10.0 Å². The summed E-state index contributed by atoms with van der Waals surface area (Å²) in [6.07, 6.45) is 3.91. The zero-order valence-electron chi connectivity index (χ0n) is 8.49. The molecule has 3 nitrogen and oxygen atoms in total. The maximum absolute atomic E-state index is 11.3. The molecule has 0 aliphatic carbocycles. The van der Waals surface area contributed by atoms with Crippen molar-refractivity contribution in [2.45, 2.75) is 51.7 Å². The van der Waals surface area contributed by atoms with Gasteiger partial charge in [-0.25, -0.2) is 0 Å². The lowest BCUT2D eigenvalue weighted by Crippen LogP contribution is -2.44. The first-order valence-electron chi connectivity index (χ1n) is 5.08. The van der Waals surface area contributed by atoms with Gasteiger partial charge in [0.1, 0.15) is 0 Å². The molecule has 2 atom stereocenters. The van der Waals surface area contributed by atoms with Crippen LogP contribution < -0.4 is 0 Å². The van der Waals surface area contributed by atoms with Crippen molar-refractivity contribution in [3.63, 3.8) is 0 Å². The van der Waals surface area contributed by atoms with Crippen LogP contribution in [0, 0.1) is 0 Å². The molecule has 1 amide bonds. The normalized spacial score (nSPS) is 26.7. The van der Waals surface area contributed by atoms with Crippen LogP contribution in [0.4, 0.5) is 0 Å². The average Bonchev–Trinajstić information content (AvgIpc) is 2.27. The molecule has 13 heavy (non-hydrogen) atoms. The predicted molar refractivity (Wildman–Crippen MR) is 51.3 cm³/mol. The maximum atomic E-state index is 11.3. The summed E-state index contributed by atoms with van der Waals surface area (Å²) in [6, 6.07) is 0.0417. The monoisotopic (exact) mass is 185 g/mol. The number of aliphatic hydroxyl groups is 1. The van der Waals surface area contributed by atoms with Gasteiger partial charge in [-0.1, -0.05) is 12.8 Å². The molecule has 0 bridgehead atoms. The second-order valence-electron chi connectivity index (χ2n) is 3.87. The molecule has 2 unspecified atom stereocenters. The maximum Gasteiger partial charge on any atom is 0.219 e. The van der Waals surface area contributed by atoms with Crippen LogP contribution >= 0.6 is 0 Å². The first kappa shape index (κ1) is 10.5. The standard InChI is InChI=1S/C10H19NO2/c1-8(12)10-6-4-3-5-7-11(10)9(2)13/h8,10,12H,3-7H2,1-2H3. The smallest absolute Gasteiger partial charge is 0.219 e. The molecule has 0 spiro atoms. The number of rotatable bonds is 1. The van der Waals surface area contributed by atoms with E-state index in [0.717, 1.165) is 25.8 Å². The molecule has 0 aromatic heterocycles. The fourth-order valence-electron chi connectivity index (χ4n) is 2.03. The summed E-state index contributed by atoms with van der Waals surface area (Å²) in [6.45, 7) is 4.16. The van der Waals surface area contributed by atoms with Crippen molar-refractivity contribution in [1.29, 1.82) is 0 Å². The Bertz CT molecular complexity index is 180. The molecule has 1 N–H and O–H groups in total. The summed E-state index contributed by atoms with van der Waals surface area (Å²) in [7, 11) is 0. The van der Waals surface area contributed by atoms with E-state index in [1.807, 2.05) is 4.90 Å². The molecule has 0 saturated carbocycles. The molecule has 0 radical (unpaired) electrons. The first-order chi connectivity index (χ1) is 6.13. The molecule has 0 aromatic carbocycles. The Morgan fingerprint density at radius 3 is 2.69 bits per heavy atom. The van der Waals surface area contributed by atoms with Crippen molar-refractivity contribution >= 4 is 5.91 Å². The summed E-state index contributed by atoms with van der Waals surface area (Å²) >= 11 is 0. The summed E-state index contributed by atoms with van der Waals surface area (Å²) < 4.78 is 0. The second-order valence-corrected chi connectivity index (χ2v) is 3.87. The van der Waals surface area contributed by atoms with E-state index in [4.69, 9.17) is 0 Å². The highest BCUT2D eigenvalue weighted by molar-refractivity contribution is 5.73. The minimum Gasteiger partial charge on any atom is -0.391 e. The van der Waals surface area contributed by atoms with E-state index in [0.29, 0.717) is 0 Å². The zero-order chi connectivity index (χ0) is 9.84. The van der Waals surface area contributed by atoms with Crippen molar-refractivity contribution in [3.05, 3.63) is 0 Å². The molecular weight excluding hydrogens is 166 g/mol. The highest BCUT2D eigenvalue weighted by Crippen LogP contribution is 2.19. The van der Waals surface area contributed by atoms with E-state index in [1.165, 1.54) is 6.42 Å². The summed E-state index contributed by atoms with van der Waals surface area (Å²) in [5, 5.41) is 9.53. The van der Waals surface area contributed by atoms with Crippen LogP contribution in [0.3, 0.4) is 0 Å². The number of hydrogen-bond donors (Lipinski definition) is 1. The summed E-state index contributed by atoms with van der Waals surface area (Å²) in [5.41, 5.74) is 0. The van der Waals surface area contributed by atoms with Gasteiger partial charge in [-0.2, -0.15) is 0 Å². The van der Waals surface area contributed by atoms with Gasteiger partial charge in [0.15, 0.2) is 0 Å². The van der Waals surface area contributed by atoms with Gasteiger partial charge in [0.05, 0.1) is 12.1 Å². The third-order valence-electron chi connectivity index (χ3n) is 2.76. The van der Waals surface area contributed by atoms with Crippen LogP contribution in [0.1, 0.15) is 39.5 Å². The Hall–Kier alpha value is -0.570. The van der Waals surface area contributed by atoms with Gasteiger partial charge in [0.2, 0.25) is 5.91 Å². The Morgan fingerprint density at radius 1 is 1.46 bits per heavy atom. The van der Waals surface area contributed by atoms with Crippen molar-refractivity contribution in [2.24, 2.45) is 0 Å². The van der Waals surface area contributed by atoms with Gasteiger partial charge in [-0.15, -0.1) is 0 Å². The molecule has 1 aliphatic heterocycles. The minimum absolute atomic E-state index is 0.0417. The minimum atomic E-state index is -0.401. The average molecular weight is 185 g/mol. The van der Waals surface area contributed by atoms with Gasteiger partial charge in [0.25, 0.3) is 0 Å². The van der Waals surface area contributed by atoms with Gasteiger partial charge in [-0.3, -0.25) is 4.79 Å². The predicted octanol–water partition coefficient (Wildman–Crippen LogP) is 1.16. The number of likely N-dealkylation sites (tertiary alicyclic amines) is 1. The lowest BCUT2D eigenvalue weighted by molar-refractivity contribution is -0.133. The highest BCUT2D eigenvalue weighted by atomic mass is 16.3. The first-order valence-corrected chi connectivity index (χ1v) is 5.08. The highest BCUT2D eigenvalue weighted by Gasteiger charge is 2.26. The fraction of sp³-hybridized carbons (Fsp3) is 0.900. The van der Waals surface area contributed by atoms with Crippen molar-refractivity contribution in [2.75, 3.05) is 6.54 Å². The number of carbonyl (C=O) groups is 1. The van der Waals surface area contributed by atoms with Crippen molar-refractivity contribution in [3.8, 4) is 0 Å². The largest absolute Gasteiger partial charge is 0.391 e. The van der Waals surface area contributed by atoms with E-state index in [2.05, 4.69) is 0 Å². The number of nitrogens with zero attached hydrogens (tertiary/aromatic N) is 1. The Balaban J connectivity index is 2.66. The van der Waals surface area contributed by atoms with Gasteiger partial charge in [0, 0.05) is 13.5 Å². The lowest BCUT2D eigenvalue weighted by Gasteiger charge is -2.31. The summed E-state index contributed by atoms with van der Waals surface area (Å²) in [5.74, 6) is 0.0906. The Kier molecular flexibility index (Phi) is 3.72. The van der Waals surface area contributed by atoms with E-state index in [9.17, 15) is 9.90 Å². The van der Waals surface area contributed by atoms with Crippen molar-refractivity contribution < 1.29 is 9.90 Å². The quantitative estimate of drug-likeness (QED) is 0.666. The van der Waals surface area contributed by atoms with Crippen LogP contribution in [0.15, 0.2) is 0 Å². The lowest BCUT2D eigenvalue weighted by atomic mass is 10.1. The van der Waals surface area contributed by atoms with Crippen LogP contribution in [0.2, 0.25) is 0 Å². The van der Waals surface area contributed by atoms with Crippen LogP contribution in [0.5, 0.6) is 0 Å². The zero-order valence-corrected chi connectivity index (χ0v) is 8.49. The number of hydrogen-bond acceptors (Lipinski definition) is 2. The van der Waals surface area contributed by atoms with E-state index < -0.39 is 6.10 Å². The fourth-order valence-corrected chi connectivity index (χ4v) is 2.03. The Labute approximate surface area is 79.7 Å². The third-order valence-corrected chi connectivity index (χ3v) is 2.76. The number of carbonyl (C=O) groups excluding carboxylic acids is 1. The SMILES string of the molecule is CC(=O)N1CCCCCC1C(C)O. The van der Waals surface area contributed by atoms with Gasteiger partial charge in [-0.05, 0) is 19.8 Å². The number of aliphatic hydroxyl groups excluding tert-OH is 1. The van der Waals surface area contributed by atoms with Crippen LogP contribution in [-0.2, 0) is 4.79 Å². The summed E-state index contributed by atoms with van der Waals surface area (Å²) in [4.78, 5) is 13.1. The molecule has 1 saturated heterocycles. The molecule has 1 heterocycles. The molecule has 1 fully saturated rings. The van der Waals surface area contributed by atoms with Gasteiger partial charge >= 0.3 is 0 Å². The molecule has 0 aromatic rings. The molecule has 3 heteroatoms.